The average Bonchev–Trinajstić information content (AvgIpc) is 2.33. The van der Waals surface area contributed by atoms with E-state index in [0.717, 1.165) is 25.3 Å². The predicted octanol–water partition coefficient (Wildman–Crippen LogP) is 3.27. The van der Waals surface area contributed by atoms with Crippen LogP contribution in [-0.4, -0.2) is 6.04 Å². The molecule has 1 aromatic rings. The zero-order valence-electron chi connectivity index (χ0n) is 10.4. The summed E-state index contributed by atoms with van der Waals surface area (Å²) in [6, 6.07) is 5.43. The highest BCUT2D eigenvalue weighted by Gasteiger charge is 2.30. The highest BCUT2D eigenvalue weighted by molar-refractivity contribution is 5.26. The molecule has 0 fully saturated rings. The van der Waals surface area contributed by atoms with E-state index in [4.69, 9.17) is 5.84 Å². The maximum atomic E-state index is 12.5. The third kappa shape index (κ3) is 4.66. The minimum Gasteiger partial charge on any atom is -0.271 e. The SMILES string of the molecule is CCCCC(Cc1cccc(C(F)(F)F)c1)NN. The summed E-state index contributed by atoms with van der Waals surface area (Å²) in [5.41, 5.74) is 2.71. The van der Waals surface area contributed by atoms with Crippen molar-refractivity contribution in [2.45, 2.75) is 44.8 Å². The van der Waals surface area contributed by atoms with Crippen LogP contribution in [0.3, 0.4) is 0 Å². The molecular weight excluding hydrogens is 241 g/mol. The van der Waals surface area contributed by atoms with E-state index in [-0.39, 0.29) is 6.04 Å². The van der Waals surface area contributed by atoms with Gasteiger partial charge in [-0.1, -0.05) is 38.0 Å². The van der Waals surface area contributed by atoms with E-state index in [1.165, 1.54) is 12.1 Å². The second-order valence-corrected chi connectivity index (χ2v) is 4.41. The summed E-state index contributed by atoms with van der Waals surface area (Å²) in [4.78, 5) is 0. The van der Waals surface area contributed by atoms with Gasteiger partial charge < -0.3 is 0 Å². The smallest absolute Gasteiger partial charge is 0.271 e. The van der Waals surface area contributed by atoms with E-state index in [9.17, 15) is 13.2 Å². The van der Waals surface area contributed by atoms with Crippen LogP contribution in [0.15, 0.2) is 24.3 Å². The van der Waals surface area contributed by atoms with Gasteiger partial charge >= 0.3 is 6.18 Å². The van der Waals surface area contributed by atoms with Gasteiger partial charge in [0.2, 0.25) is 0 Å². The lowest BCUT2D eigenvalue weighted by Gasteiger charge is -2.16. The van der Waals surface area contributed by atoms with Crippen LogP contribution in [-0.2, 0) is 12.6 Å². The predicted molar refractivity (Wildman–Crippen MR) is 65.8 cm³/mol. The molecule has 18 heavy (non-hydrogen) atoms. The first-order valence-electron chi connectivity index (χ1n) is 6.09. The second-order valence-electron chi connectivity index (χ2n) is 4.41. The molecule has 1 aromatic carbocycles. The number of hydrazine groups is 1. The summed E-state index contributed by atoms with van der Waals surface area (Å²) < 4.78 is 37.6. The number of halogens is 3. The van der Waals surface area contributed by atoms with E-state index in [2.05, 4.69) is 12.3 Å². The van der Waals surface area contributed by atoms with E-state index in [0.29, 0.717) is 12.0 Å². The molecule has 0 radical (unpaired) electrons. The largest absolute Gasteiger partial charge is 0.416 e. The molecule has 0 heterocycles. The van der Waals surface area contributed by atoms with Crippen LogP contribution in [0.2, 0.25) is 0 Å². The lowest BCUT2D eigenvalue weighted by molar-refractivity contribution is -0.137. The van der Waals surface area contributed by atoms with Crippen LogP contribution in [0.25, 0.3) is 0 Å². The molecule has 0 spiro atoms. The van der Waals surface area contributed by atoms with Gasteiger partial charge in [0.1, 0.15) is 0 Å². The summed E-state index contributed by atoms with van der Waals surface area (Å²) in [7, 11) is 0. The fourth-order valence-electron chi connectivity index (χ4n) is 1.85. The Kier molecular flexibility index (Phi) is 5.62. The topological polar surface area (TPSA) is 38.0 Å². The molecule has 0 aromatic heterocycles. The Morgan fingerprint density at radius 1 is 1.33 bits per heavy atom. The van der Waals surface area contributed by atoms with Crippen molar-refractivity contribution in [3.8, 4) is 0 Å². The second kappa shape index (κ2) is 6.75. The standard InChI is InChI=1S/C13H19F3N2/c1-2-3-7-12(18-17)9-10-5-4-6-11(8-10)13(14,15)16/h4-6,8,12,18H,2-3,7,9,17H2,1H3. The summed E-state index contributed by atoms with van der Waals surface area (Å²) in [5.74, 6) is 5.41. The lowest BCUT2D eigenvalue weighted by Crippen LogP contribution is -2.36. The zero-order valence-corrected chi connectivity index (χ0v) is 10.4. The normalized spacial score (nSPS) is 13.6. The molecule has 0 aliphatic heterocycles. The quantitative estimate of drug-likeness (QED) is 0.608. The molecule has 1 atom stereocenters. The number of alkyl halides is 3. The summed E-state index contributed by atoms with van der Waals surface area (Å²) in [5, 5.41) is 0. The Bertz CT molecular complexity index is 363. The van der Waals surface area contributed by atoms with Gasteiger partial charge in [0.15, 0.2) is 0 Å². The molecule has 2 nitrogen and oxygen atoms in total. The maximum Gasteiger partial charge on any atom is 0.416 e. The number of nitrogens with one attached hydrogen (secondary N) is 1. The highest BCUT2D eigenvalue weighted by atomic mass is 19.4. The summed E-state index contributed by atoms with van der Waals surface area (Å²) in [6.45, 7) is 2.07. The Labute approximate surface area is 105 Å². The molecule has 0 bridgehead atoms. The molecule has 0 amide bonds. The third-order valence-electron chi connectivity index (χ3n) is 2.88. The van der Waals surface area contributed by atoms with Gasteiger partial charge in [-0.2, -0.15) is 13.2 Å². The first-order valence-corrected chi connectivity index (χ1v) is 6.09. The first kappa shape index (κ1) is 15.0. The molecular formula is C13H19F3N2. The first-order chi connectivity index (χ1) is 8.47. The Hall–Kier alpha value is -1.07. The van der Waals surface area contributed by atoms with Crippen LogP contribution < -0.4 is 11.3 Å². The van der Waals surface area contributed by atoms with Crippen LogP contribution in [0.4, 0.5) is 13.2 Å². The molecule has 0 aliphatic carbocycles. The van der Waals surface area contributed by atoms with Crippen LogP contribution in [0, 0.1) is 0 Å². The van der Waals surface area contributed by atoms with Gasteiger partial charge in [-0.15, -0.1) is 0 Å². The van der Waals surface area contributed by atoms with Crippen molar-refractivity contribution in [2.24, 2.45) is 5.84 Å². The number of benzene rings is 1. The van der Waals surface area contributed by atoms with Gasteiger partial charge in [-0.05, 0) is 24.5 Å². The van der Waals surface area contributed by atoms with Crippen molar-refractivity contribution in [2.75, 3.05) is 0 Å². The van der Waals surface area contributed by atoms with Gasteiger partial charge in [0.25, 0.3) is 0 Å². The van der Waals surface area contributed by atoms with E-state index >= 15 is 0 Å². The number of hydrogen-bond donors (Lipinski definition) is 2. The van der Waals surface area contributed by atoms with Gasteiger partial charge in [-0.3, -0.25) is 11.3 Å². The van der Waals surface area contributed by atoms with Gasteiger partial charge in [0.05, 0.1) is 5.56 Å². The van der Waals surface area contributed by atoms with Crippen molar-refractivity contribution < 1.29 is 13.2 Å². The number of hydrogen-bond acceptors (Lipinski definition) is 2. The lowest BCUT2D eigenvalue weighted by atomic mass is 10.00. The zero-order chi connectivity index (χ0) is 13.6. The van der Waals surface area contributed by atoms with Crippen molar-refractivity contribution in [3.05, 3.63) is 35.4 Å². The van der Waals surface area contributed by atoms with Crippen molar-refractivity contribution in [1.82, 2.24) is 5.43 Å². The Morgan fingerprint density at radius 3 is 2.61 bits per heavy atom. The molecule has 5 heteroatoms. The van der Waals surface area contributed by atoms with E-state index in [1.54, 1.807) is 6.07 Å². The van der Waals surface area contributed by atoms with E-state index in [1.807, 2.05) is 0 Å². The number of rotatable bonds is 6. The molecule has 0 aliphatic rings. The summed E-state index contributed by atoms with van der Waals surface area (Å²) >= 11 is 0. The monoisotopic (exact) mass is 260 g/mol. The minimum atomic E-state index is -4.29. The fourth-order valence-corrected chi connectivity index (χ4v) is 1.85. The van der Waals surface area contributed by atoms with Gasteiger partial charge in [0, 0.05) is 6.04 Å². The Morgan fingerprint density at radius 2 is 2.06 bits per heavy atom. The molecule has 102 valence electrons. The molecule has 1 rings (SSSR count). The summed E-state index contributed by atoms with van der Waals surface area (Å²) in [6.07, 6.45) is -0.858. The van der Waals surface area contributed by atoms with Crippen LogP contribution >= 0.6 is 0 Å². The highest BCUT2D eigenvalue weighted by Crippen LogP contribution is 2.29. The molecule has 3 N–H and O–H groups in total. The van der Waals surface area contributed by atoms with Crippen LogP contribution in [0.1, 0.15) is 37.3 Å². The molecule has 1 unspecified atom stereocenters. The third-order valence-corrected chi connectivity index (χ3v) is 2.88. The maximum absolute atomic E-state index is 12.5. The fraction of sp³-hybridized carbons (Fsp3) is 0.538. The van der Waals surface area contributed by atoms with Crippen molar-refractivity contribution in [1.29, 1.82) is 0 Å². The van der Waals surface area contributed by atoms with Crippen molar-refractivity contribution in [3.63, 3.8) is 0 Å². The Balaban J connectivity index is 2.71. The van der Waals surface area contributed by atoms with Gasteiger partial charge in [-0.25, -0.2) is 0 Å². The van der Waals surface area contributed by atoms with Crippen LogP contribution in [0.5, 0.6) is 0 Å². The molecule has 0 saturated heterocycles. The minimum absolute atomic E-state index is 0.0217. The van der Waals surface area contributed by atoms with Crippen molar-refractivity contribution >= 4 is 0 Å². The average molecular weight is 260 g/mol. The number of nitrogens with two attached hydrogens (primary N) is 1. The van der Waals surface area contributed by atoms with E-state index < -0.39 is 11.7 Å². The number of unbranched alkanes of at least 4 members (excludes halogenated alkanes) is 1. The molecule has 0 saturated carbocycles.